The van der Waals surface area contributed by atoms with Crippen LogP contribution in [0.2, 0.25) is 5.02 Å². The van der Waals surface area contributed by atoms with Gasteiger partial charge in [-0.15, -0.1) is 10.2 Å². The minimum atomic E-state index is 0.378. The first-order valence-corrected chi connectivity index (χ1v) is 8.61. The van der Waals surface area contributed by atoms with Crippen LogP contribution in [0.1, 0.15) is 22.8 Å². The molecule has 2 aromatic carbocycles. The molecule has 0 amide bonds. The Kier molecular flexibility index (Phi) is 4.98. The van der Waals surface area contributed by atoms with Gasteiger partial charge in [0.1, 0.15) is 18.2 Å². The molecule has 0 radical (unpaired) electrons. The van der Waals surface area contributed by atoms with Crippen molar-refractivity contribution in [2.75, 3.05) is 0 Å². The first-order chi connectivity index (χ1) is 13.3. The van der Waals surface area contributed by atoms with Crippen molar-refractivity contribution in [1.29, 1.82) is 0 Å². The van der Waals surface area contributed by atoms with E-state index in [2.05, 4.69) is 20.2 Å². The molecule has 2 heterocycles. The predicted octanol–water partition coefficient (Wildman–Crippen LogP) is 4.61. The van der Waals surface area contributed by atoms with Crippen molar-refractivity contribution < 1.29 is 9.15 Å². The fourth-order valence-electron chi connectivity index (χ4n) is 2.54. The van der Waals surface area contributed by atoms with E-state index in [1.54, 1.807) is 12.4 Å². The van der Waals surface area contributed by atoms with Crippen molar-refractivity contribution in [3.8, 4) is 5.75 Å². The van der Waals surface area contributed by atoms with Crippen molar-refractivity contribution in [3.63, 3.8) is 0 Å². The zero-order valence-electron chi connectivity index (χ0n) is 14.2. The fourth-order valence-corrected chi connectivity index (χ4v) is 2.67. The number of benzene rings is 2. The van der Waals surface area contributed by atoms with Crippen LogP contribution in [0.25, 0.3) is 11.6 Å². The molecule has 134 valence electrons. The van der Waals surface area contributed by atoms with Gasteiger partial charge in [0.15, 0.2) is 0 Å². The molecular weight excluding hydrogens is 364 g/mol. The minimum absolute atomic E-state index is 0.378. The number of nitrogens with one attached hydrogen (secondary N) is 1. The van der Waals surface area contributed by atoms with Crippen LogP contribution in [-0.2, 0) is 6.61 Å². The molecule has 0 bridgehead atoms. The Morgan fingerprint density at radius 2 is 1.93 bits per heavy atom. The van der Waals surface area contributed by atoms with E-state index in [1.807, 2.05) is 54.6 Å². The zero-order valence-corrected chi connectivity index (χ0v) is 14.9. The SMILES string of the molecule is Clc1ccc(C=C(c2ccc(OCc3ncc[nH]3)cc2)c2nnco2)cc1. The van der Waals surface area contributed by atoms with Gasteiger partial charge in [-0.25, -0.2) is 4.98 Å². The van der Waals surface area contributed by atoms with Crippen LogP contribution in [0.4, 0.5) is 0 Å². The van der Waals surface area contributed by atoms with Gasteiger partial charge >= 0.3 is 0 Å². The summed E-state index contributed by atoms with van der Waals surface area (Å²) in [5.74, 6) is 1.95. The van der Waals surface area contributed by atoms with E-state index < -0.39 is 0 Å². The number of hydrogen-bond acceptors (Lipinski definition) is 5. The zero-order chi connectivity index (χ0) is 18.5. The number of hydrogen-bond donors (Lipinski definition) is 1. The lowest BCUT2D eigenvalue weighted by Gasteiger charge is -2.07. The van der Waals surface area contributed by atoms with Crippen molar-refractivity contribution in [1.82, 2.24) is 20.2 Å². The average molecular weight is 379 g/mol. The molecule has 4 rings (SSSR count). The topological polar surface area (TPSA) is 76.8 Å². The molecular formula is C20H15ClN4O2. The summed E-state index contributed by atoms with van der Waals surface area (Å²) in [6, 6.07) is 15.2. The molecule has 0 atom stereocenters. The van der Waals surface area contributed by atoms with Gasteiger partial charge in [0, 0.05) is 23.0 Å². The smallest absolute Gasteiger partial charge is 0.248 e. The van der Waals surface area contributed by atoms with Gasteiger partial charge in [-0.05, 0) is 41.5 Å². The Morgan fingerprint density at radius 1 is 1.11 bits per heavy atom. The van der Waals surface area contributed by atoms with Crippen LogP contribution in [-0.4, -0.2) is 20.2 Å². The van der Waals surface area contributed by atoms with Crippen molar-refractivity contribution >= 4 is 23.3 Å². The van der Waals surface area contributed by atoms with Gasteiger partial charge in [0.25, 0.3) is 0 Å². The molecule has 27 heavy (non-hydrogen) atoms. The van der Waals surface area contributed by atoms with Gasteiger partial charge < -0.3 is 14.1 Å². The Balaban J connectivity index is 1.59. The quantitative estimate of drug-likeness (QED) is 0.495. The second-order valence-electron chi connectivity index (χ2n) is 5.70. The number of H-pyrrole nitrogens is 1. The third-order valence-corrected chi connectivity index (χ3v) is 4.12. The van der Waals surface area contributed by atoms with Crippen LogP contribution < -0.4 is 4.74 Å². The monoisotopic (exact) mass is 378 g/mol. The standard InChI is InChI=1S/C20H15ClN4O2/c21-16-5-1-14(2-6-16)11-18(20-25-24-13-27-20)15-3-7-17(8-4-15)26-12-19-22-9-10-23-19/h1-11,13H,12H2,(H,22,23). The maximum atomic E-state index is 5.97. The van der Waals surface area contributed by atoms with Crippen molar-refractivity contribution in [2.45, 2.75) is 6.61 Å². The van der Waals surface area contributed by atoms with Gasteiger partial charge in [-0.3, -0.25) is 0 Å². The van der Waals surface area contributed by atoms with Crippen molar-refractivity contribution in [3.05, 3.63) is 95.2 Å². The lowest BCUT2D eigenvalue weighted by atomic mass is 10.0. The molecule has 0 aliphatic rings. The molecule has 0 spiro atoms. The number of rotatable bonds is 6. The number of halogens is 1. The first-order valence-electron chi connectivity index (χ1n) is 8.23. The second kappa shape index (κ2) is 7.88. The lowest BCUT2D eigenvalue weighted by Crippen LogP contribution is -1.97. The highest BCUT2D eigenvalue weighted by molar-refractivity contribution is 6.30. The Hall–Kier alpha value is -3.38. The van der Waals surface area contributed by atoms with E-state index >= 15 is 0 Å². The normalized spacial score (nSPS) is 11.5. The summed E-state index contributed by atoms with van der Waals surface area (Å²) < 4.78 is 11.1. The highest BCUT2D eigenvalue weighted by atomic mass is 35.5. The summed E-state index contributed by atoms with van der Waals surface area (Å²) in [5, 5.41) is 8.52. The second-order valence-corrected chi connectivity index (χ2v) is 6.14. The summed E-state index contributed by atoms with van der Waals surface area (Å²) in [6.45, 7) is 0.378. The summed E-state index contributed by atoms with van der Waals surface area (Å²) in [5.41, 5.74) is 2.72. The van der Waals surface area contributed by atoms with E-state index in [9.17, 15) is 0 Å². The van der Waals surface area contributed by atoms with Gasteiger partial charge in [0.05, 0.1) is 0 Å². The molecule has 0 aliphatic carbocycles. The summed E-state index contributed by atoms with van der Waals surface area (Å²) >= 11 is 5.97. The largest absolute Gasteiger partial charge is 0.486 e. The maximum absolute atomic E-state index is 5.97. The van der Waals surface area contributed by atoms with Gasteiger partial charge in [-0.1, -0.05) is 35.9 Å². The van der Waals surface area contributed by atoms with E-state index in [0.29, 0.717) is 17.5 Å². The third-order valence-electron chi connectivity index (χ3n) is 3.87. The number of aromatic amines is 1. The van der Waals surface area contributed by atoms with E-state index in [1.165, 1.54) is 6.39 Å². The Labute approximate surface area is 160 Å². The third kappa shape index (κ3) is 4.24. The maximum Gasteiger partial charge on any atom is 0.248 e. The highest BCUT2D eigenvalue weighted by Gasteiger charge is 2.11. The first kappa shape index (κ1) is 17.1. The van der Waals surface area contributed by atoms with E-state index in [0.717, 1.165) is 28.3 Å². The molecule has 6 nitrogen and oxygen atoms in total. The molecule has 0 unspecified atom stereocenters. The van der Waals surface area contributed by atoms with Crippen LogP contribution in [0.3, 0.4) is 0 Å². The predicted molar refractivity (Wildman–Crippen MR) is 102 cm³/mol. The number of nitrogens with zero attached hydrogens (tertiary/aromatic N) is 3. The van der Waals surface area contributed by atoms with Crippen LogP contribution in [0.5, 0.6) is 5.75 Å². The molecule has 1 N–H and O–H groups in total. The summed E-state index contributed by atoms with van der Waals surface area (Å²) in [7, 11) is 0. The lowest BCUT2D eigenvalue weighted by molar-refractivity contribution is 0.297. The molecule has 0 saturated carbocycles. The minimum Gasteiger partial charge on any atom is -0.486 e. The molecule has 0 aliphatic heterocycles. The Morgan fingerprint density at radius 3 is 2.59 bits per heavy atom. The van der Waals surface area contributed by atoms with Gasteiger partial charge in [-0.2, -0.15) is 0 Å². The average Bonchev–Trinajstić information content (AvgIpc) is 3.41. The van der Waals surface area contributed by atoms with E-state index in [4.69, 9.17) is 20.8 Å². The van der Waals surface area contributed by atoms with Gasteiger partial charge in [0.2, 0.25) is 12.3 Å². The van der Waals surface area contributed by atoms with E-state index in [-0.39, 0.29) is 0 Å². The summed E-state index contributed by atoms with van der Waals surface area (Å²) in [6.07, 6.45) is 6.74. The van der Waals surface area contributed by atoms with Crippen LogP contribution in [0.15, 0.2) is 71.7 Å². The van der Waals surface area contributed by atoms with Crippen LogP contribution in [0, 0.1) is 0 Å². The molecule has 2 aromatic heterocycles. The number of ether oxygens (including phenoxy) is 1. The molecule has 7 heteroatoms. The fraction of sp³-hybridized carbons (Fsp3) is 0.0500. The van der Waals surface area contributed by atoms with Crippen molar-refractivity contribution in [2.24, 2.45) is 0 Å². The Bertz CT molecular complexity index is 1010. The molecule has 4 aromatic rings. The number of aromatic nitrogens is 4. The highest BCUT2D eigenvalue weighted by Crippen LogP contribution is 2.27. The summed E-state index contributed by atoms with van der Waals surface area (Å²) in [4.78, 5) is 7.14. The number of imidazole rings is 1. The molecule has 0 fully saturated rings. The molecule has 0 saturated heterocycles. The van der Waals surface area contributed by atoms with Crippen LogP contribution >= 0.6 is 11.6 Å².